The van der Waals surface area contributed by atoms with E-state index in [9.17, 15) is 14.4 Å². The molecular weight excluding hydrogens is 352 g/mol. The third-order valence-electron chi connectivity index (χ3n) is 3.57. The van der Waals surface area contributed by atoms with E-state index in [0.717, 1.165) is 6.07 Å². The van der Waals surface area contributed by atoms with Crippen LogP contribution in [-0.2, 0) is 6.54 Å². The van der Waals surface area contributed by atoms with Crippen molar-refractivity contribution in [3.05, 3.63) is 80.8 Å². The number of nitrogens with one attached hydrogen (secondary N) is 3. The molecule has 0 spiro atoms. The number of hydrogen-bond donors (Lipinski definition) is 3. The smallest absolute Gasteiger partial charge is 0.326 e. The molecule has 0 saturated heterocycles. The molecule has 27 heavy (non-hydrogen) atoms. The van der Waals surface area contributed by atoms with Crippen molar-refractivity contribution in [2.75, 3.05) is 7.11 Å². The number of ether oxygens (including phenoxy) is 2. The van der Waals surface area contributed by atoms with Crippen LogP contribution in [0.4, 0.5) is 0 Å². The third kappa shape index (κ3) is 4.40. The number of methoxy groups -OCH3 is 1. The Bertz CT molecular complexity index is 1050. The molecule has 0 atom stereocenters. The Morgan fingerprint density at radius 2 is 1.89 bits per heavy atom. The van der Waals surface area contributed by atoms with E-state index >= 15 is 0 Å². The Morgan fingerprint density at radius 1 is 1.11 bits per heavy atom. The minimum Gasteiger partial charge on any atom is -0.493 e. The Morgan fingerprint density at radius 3 is 2.63 bits per heavy atom. The van der Waals surface area contributed by atoms with Crippen LogP contribution >= 0.6 is 0 Å². The highest BCUT2D eigenvalue weighted by Gasteiger charge is 2.12. The number of para-hydroxylation sites is 2. The quantitative estimate of drug-likeness (QED) is 0.600. The molecule has 3 N–H and O–H groups in total. The number of aromatic amines is 2. The Balaban J connectivity index is 1.77. The molecule has 2 aromatic heterocycles. The predicted molar refractivity (Wildman–Crippen MR) is 96.2 cm³/mol. The Labute approximate surface area is 153 Å². The van der Waals surface area contributed by atoms with E-state index in [2.05, 4.69) is 15.3 Å². The van der Waals surface area contributed by atoms with Gasteiger partial charge in [-0.25, -0.2) is 9.78 Å². The van der Waals surface area contributed by atoms with Crippen molar-refractivity contribution in [3.8, 4) is 17.4 Å². The van der Waals surface area contributed by atoms with Crippen LogP contribution in [0.1, 0.15) is 16.1 Å². The molecule has 0 aliphatic rings. The number of H-pyrrole nitrogens is 2. The van der Waals surface area contributed by atoms with Gasteiger partial charge in [-0.1, -0.05) is 18.2 Å². The van der Waals surface area contributed by atoms with E-state index in [-0.39, 0.29) is 12.2 Å². The Kier molecular flexibility index (Phi) is 5.31. The van der Waals surface area contributed by atoms with Crippen molar-refractivity contribution in [2.45, 2.75) is 6.54 Å². The fourth-order valence-electron chi connectivity index (χ4n) is 2.32. The molecule has 0 aliphatic heterocycles. The van der Waals surface area contributed by atoms with Crippen LogP contribution in [0.3, 0.4) is 0 Å². The molecule has 1 aromatic carbocycles. The largest absolute Gasteiger partial charge is 0.493 e. The third-order valence-corrected chi connectivity index (χ3v) is 3.57. The normalized spacial score (nSPS) is 10.3. The lowest BCUT2D eigenvalue weighted by Crippen LogP contribution is -2.30. The average molecular weight is 368 g/mol. The van der Waals surface area contributed by atoms with Crippen molar-refractivity contribution >= 4 is 5.91 Å². The maximum absolute atomic E-state index is 12.2. The Hall–Kier alpha value is -3.88. The van der Waals surface area contributed by atoms with Crippen LogP contribution in [0.2, 0.25) is 0 Å². The first kappa shape index (κ1) is 17.9. The number of carbonyl (C=O) groups excluding carboxylic acids is 1. The highest BCUT2D eigenvalue weighted by atomic mass is 16.5. The molecule has 0 fully saturated rings. The van der Waals surface area contributed by atoms with Gasteiger partial charge in [0.2, 0.25) is 5.88 Å². The van der Waals surface area contributed by atoms with Crippen molar-refractivity contribution < 1.29 is 14.3 Å². The molecule has 0 aliphatic carbocycles. The van der Waals surface area contributed by atoms with E-state index in [1.807, 2.05) is 11.1 Å². The summed E-state index contributed by atoms with van der Waals surface area (Å²) < 4.78 is 11.1. The van der Waals surface area contributed by atoms with Gasteiger partial charge >= 0.3 is 5.69 Å². The zero-order valence-corrected chi connectivity index (χ0v) is 14.3. The standard InChI is InChI=1S/C18H16N4O5/c1-26-13-6-2-3-7-14(13)27-17-11(5-4-8-19-17)10-20-16(24)12-9-15(23)22-18(25)21-12/h2-9H,10H2,1H3,(H,20,24)(H2,21,22,23,25). The number of rotatable bonds is 6. The van der Waals surface area contributed by atoms with Crippen LogP contribution < -0.4 is 26.0 Å². The van der Waals surface area contributed by atoms with Gasteiger partial charge in [-0.3, -0.25) is 14.6 Å². The number of nitrogens with zero attached hydrogens (tertiary/aromatic N) is 1. The highest BCUT2D eigenvalue weighted by Crippen LogP contribution is 2.31. The van der Waals surface area contributed by atoms with Gasteiger partial charge in [-0.2, -0.15) is 0 Å². The molecule has 0 bridgehead atoms. The molecule has 2 heterocycles. The fourth-order valence-corrected chi connectivity index (χ4v) is 2.32. The molecule has 3 rings (SSSR count). The summed E-state index contributed by atoms with van der Waals surface area (Å²) in [5.41, 5.74) is -0.955. The van der Waals surface area contributed by atoms with Gasteiger partial charge in [0.25, 0.3) is 11.5 Å². The van der Waals surface area contributed by atoms with Gasteiger partial charge in [0, 0.05) is 24.4 Å². The molecule has 9 nitrogen and oxygen atoms in total. The summed E-state index contributed by atoms with van der Waals surface area (Å²) in [7, 11) is 1.53. The number of amides is 1. The van der Waals surface area contributed by atoms with Crippen LogP contribution in [0.15, 0.2) is 58.3 Å². The predicted octanol–water partition coefficient (Wildman–Crippen LogP) is 1.19. The average Bonchev–Trinajstić information content (AvgIpc) is 2.66. The second-order valence-corrected chi connectivity index (χ2v) is 5.40. The number of carbonyl (C=O) groups is 1. The summed E-state index contributed by atoms with van der Waals surface area (Å²) in [6.45, 7) is 0.0754. The van der Waals surface area contributed by atoms with Crippen molar-refractivity contribution in [3.63, 3.8) is 0 Å². The van der Waals surface area contributed by atoms with E-state index < -0.39 is 17.2 Å². The summed E-state index contributed by atoms with van der Waals surface area (Å²) in [5, 5.41) is 2.61. The van der Waals surface area contributed by atoms with Crippen LogP contribution in [-0.4, -0.2) is 28.0 Å². The minimum absolute atomic E-state index is 0.0754. The summed E-state index contributed by atoms with van der Waals surface area (Å²) in [4.78, 5) is 43.2. The number of hydrogen-bond acceptors (Lipinski definition) is 6. The topological polar surface area (TPSA) is 126 Å². The molecule has 3 aromatic rings. The SMILES string of the molecule is COc1ccccc1Oc1ncccc1CNC(=O)c1cc(=O)[nH]c(=O)[nH]1. The van der Waals surface area contributed by atoms with Gasteiger partial charge in [0.15, 0.2) is 11.5 Å². The lowest BCUT2D eigenvalue weighted by atomic mass is 10.2. The summed E-state index contributed by atoms with van der Waals surface area (Å²) in [5.74, 6) is 0.705. The van der Waals surface area contributed by atoms with E-state index in [1.165, 1.54) is 7.11 Å². The van der Waals surface area contributed by atoms with Gasteiger partial charge in [0.05, 0.1) is 7.11 Å². The molecule has 0 saturated carbocycles. The minimum atomic E-state index is -0.755. The van der Waals surface area contributed by atoms with Gasteiger partial charge in [0.1, 0.15) is 5.69 Å². The number of pyridine rings is 1. The van der Waals surface area contributed by atoms with Crippen molar-refractivity contribution in [2.24, 2.45) is 0 Å². The fraction of sp³-hybridized carbons (Fsp3) is 0.111. The number of benzene rings is 1. The van der Waals surface area contributed by atoms with E-state index in [1.54, 1.807) is 36.5 Å². The maximum Gasteiger partial charge on any atom is 0.326 e. The molecule has 1 amide bonds. The van der Waals surface area contributed by atoms with E-state index in [0.29, 0.717) is 22.9 Å². The zero-order valence-electron chi connectivity index (χ0n) is 14.3. The first-order chi connectivity index (χ1) is 13.1. The monoisotopic (exact) mass is 368 g/mol. The van der Waals surface area contributed by atoms with Gasteiger partial charge in [-0.15, -0.1) is 0 Å². The lowest BCUT2D eigenvalue weighted by Gasteiger charge is -2.12. The van der Waals surface area contributed by atoms with Crippen LogP contribution in [0, 0.1) is 0 Å². The van der Waals surface area contributed by atoms with Crippen LogP contribution in [0.5, 0.6) is 17.4 Å². The molecule has 138 valence electrons. The summed E-state index contributed by atoms with van der Waals surface area (Å²) in [6, 6.07) is 11.5. The van der Waals surface area contributed by atoms with Gasteiger partial charge in [-0.05, 0) is 18.2 Å². The lowest BCUT2D eigenvalue weighted by molar-refractivity contribution is 0.0945. The van der Waals surface area contributed by atoms with Crippen LogP contribution in [0.25, 0.3) is 0 Å². The maximum atomic E-state index is 12.2. The van der Waals surface area contributed by atoms with E-state index in [4.69, 9.17) is 9.47 Å². The second-order valence-electron chi connectivity index (χ2n) is 5.40. The highest BCUT2D eigenvalue weighted by molar-refractivity contribution is 5.92. The first-order valence-electron chi connectivity index (χ1n) is 7.93. The van der Waals surface area contributed by atoms with Crippen molar-refractivity contribution in [1.29, 1.82) is 0 Å². The zero-order chi connectivity index (χ0) is 19.2. The summed E-state index contributed by atoms with van der Waals surface area (Å²) in [6.07, 6.45) is 1.56. The molecule has 0 unspecified atom stereocenters. The van der Waals surface area contributed by atoms with Gasteiger partial charge < -0.3 is 19.8 Å². The summed E-state index contributed by atoms with van der Waals surface area (Å²) >= 11 is 0. The first-order valence-corrected chi connectivity index (χ1v) is 7.93. The molecular formula is C18H16N4O5. The second kappa shape index (κ2) is 8.00. The van der Waals surface area contributed by atoms with Crippen molar-refractivity contribution in [1.82, 2.24) is 20.3 Å². The molecule has 0 radical (unpaired) electrons. The number of aromatic nitrogens is 3. The molecule has 9 heteroatoms.